The molecular formula is C12H16N6O2. The highest BCUT2D eigenvalue weighted by atomic mass is 16.5. The quantitative estimate of drug-likeness (QED) is 0.553. The Morgan fingerprint density at radius 2 is 1.80 bits per heavy atom. The van der Waals surface area contributed by atoms with E-state index in [1.807, 2.05) is 25.1 Å². The smallest absolute Gasteiger partial charge is 0.322 e. The molecule has 0 radical (unpaired) electrons. The van der Waals surface area contributed by atoms with E-state index in [1.165, 1.54) is 7.11 Å². The van der Waals surface area contributed by atoms with E-state index in [0.717, 1.165) is 17.0 Å². The van der Waals surface area contributed by atoms with Crippen LogP contribution in [-0.2, 0) is 0 Å². The van der Waals surface area contributed by atoms with Crippen molar-refractivity contribution >= 4 is 17.6 Å². The predicted molar refractivity (Wildman–Crippen MR) is 75.2 cm³/mol. The third-order valence-corrected chi connectivity index (χ3v) is 2.58. The molecule has 0 aliphatic heterocycles. The number of aryl methyl sites for hydroxylation is 1. The van der Waals surface area contributed by atoms with E-state index in [1.54, 1.807) is 7.11 Å². The molecule has 0 amide bonds. The van der Waals surface area contributed by atoms with Gasteiger partial charge in [0.1, 0.15) is 5.75 Å². The van der Waals surface area contributed by atoms with E-state index in [2.05, 4.69) is 25.7 Å². The second-order valence-corrected chi connectivity index (χ2v) is 3.92. The van der Waals surface area contributed by atoms with Crippen LogP contribution < -0.4 is 26.1 Å². The van der Waals surface area contributed by atoms with E-state index in [4.69, 9.17) is 15.3 Å². The van der Waals surface area contributed by atoms with Crippen molar-refractivity contribution in [2.45, 2.75) is 6.92 Å². The Labute approximate surface area is 116 Å². The first kappa shape index (κ1) is 13.8. The predicted octanol–water partition coefficient (Wildman–Crippen LogP) is 1.23. The number of nitrogens with zero attached hydrogens (tertiary/aromatic N) is 3. The molecule has 1 heterocycles. The van der Waals surface area contributed by atoms with Crippen molar-refractivity contribution in [2.24, 2.45) is 5.84 Å². The van der Waals surface area contributed by atoms with Crippen LogP contribution in [0.2, 0.25) is 0 Å². The van der Waals surface area contributed by atoms with Crippen LogP contribution in [0.3, 0.4) is 0 Å². The molecule has 20 heavy (non-hydrogen) atoms. The van der Waals surface area contributed by atoms with Crippen LogP contribution in [0.25, 0.3) is 0 Å². The highest BCUT2D eigenvalue weighted by Gasteiger charge is 2.07. The summed E-state index contributed by atoms with van der Waals surface area (Å²) in [5.41, 5.74) is 4.17. The number of aromatic nitrogens is 3. The van der Waals surface area contributed by atoms with Crippen molar-refractivity contribution in [1.82, 2.24) is 15.0 Å². The molecule has 0 aliphatic rings. The highest BCUT2D eigenvalue weighted by molar-refractivity contribution is 5.57. The van der Waals surface area contributed by atoms with Crippen LogP contribution in [-0.4, -0.2) is 29.2 Å². The molecule has 1 aromatic carbocycles. The van der Waals surface area contributed by atoms with Gasteiger partial charge in [-0.05, 0) is 30.7 Å². The van der Waals surface area contributed by atoms with Crippen molar-refractivity contribution in [2.75, 3.05) is 25.0 Å². The summed E-state index contributed by atoms with van der Waals surface area (Å²) in [6.07, 6.45) is 0. The molecular weight excluding hydrogens is 260 g/mol. The van der Waals surface area contributed by atoms with Crippen LogP contribution in [0.4, 0.5) is 17.6 Å². The van der Waals surface area contributed by atoms with E-state index >= 15 is 0 Å². The van der Waals surface area contributed by atoms with Gasteiger partial charge in [0.15, 0.2) is 0 Å². The minimum Gasteiger partial charge on any atom is -0.496 e. The second kappa shape index (κ2) is 6.02. The van der Waals surface area contributed by atoms with Crippen LogP contribution in [0, 0.1) is 6.92 Å². The SMILES string of the molecule is COc1nc(NN)nc(Nc2ccc(OC)c(C)c2)n1. The molecule has 0 fully saturated rings. The summed E-state index contributed by atoms with van der Waals surface area (Å²) in [5, 5.41) is 3.05. The summed E-state index contributed by atoms with van der Waals surface area (Å²) < 4.78 is 10.2. The lowest BCUT2D eigenvalue weighted by Crippen LogP contribution is -2.13. The summed E-state index contributed by atoms with van der Waals surface area (Å²) in [5.74, 6) is 6.65. The van der Waals surface area contributed by atoms with Gasteiger partial charge in [-0.2, -0.15) is 15.0 Å². The lowest BCUT2D eigenvalue weighted by Gasteiger charge is -2.10. The first-order valence-corrected chi connectivity index (χ1v) is 5.84. The Morgan fingerprint density at radius 3 is 2.40 bits per heavy atom. The van der Waals surface area contributed by atoms with Gasteiger partial charge in [0.25, 0.3) is 0 Å². The highest BCUT2D eigenvalue weighted by Crippen LogP contribution is 2.23. The Balaban J connectivity index is 2.27. The molecule has 0 bridgehead atoms. The van der Waals surface area contributed by atoms with Crippen molar-refractivity contribution in [1.29, 1.82) is 0 Å². The molecule has 4 N–H and O–H groups in total. The topological polar surface area (TPSA) is 107 Å². The Morgan fingerprint density at radius 1 is 1.05 bits per heavy atom. The van der Waals surface area contributed by atoms with E-state index in [9.17, 15) is 0 Å². The third kappa shape index (κ3) is 3.04. The lowest BCUT2D eigenvalue weighted by atomic mass is 10.2. The maximum absolute atomic E-state index is 5.30. The minimum absolute atomic E-state index is 0.167. The van der Waals surface area contributed by atoms with Crippen LogP contribution in [0.1, 0.15) is 5.56 Å². The maximum Gasteiger partial charge on any atom is 0.322 e. The fourth-order valence-corrected chi connectivity index (χ4v) is 1.65. The third-order valence-electron chi connectivity index (χ3n) is 2.58. The Bertz CT molecular complexity index is 582. The number of nitrogens with two attached hydrogens (primary N) is 1. The van der Waals surface area contributed by atoms with Gasteiger partial charge >= 0.3 is 6.01 Å². The van der Waals surface area contributed by atoms with Gasteiger partial charge in [-0.1, -0.05) is 0 Å². The molecule has 0 unspecified atom stereocenters. The van der Waals surface area contributed by atoms with E-state index < -0.39 is 0 Å². The largest absolute Gasteiger partial charge is 0.496 e. The number of methoxy groups -OCH3 is 2. The summed E-state index contributed by atoms with van der Waals surface area (Å²) in [4.78, 5) is 12.1. The van der Waals surface area contributed by atoms with Crippen molar-refractivity contribution < 1.29 is 9.47 Å². The molecule has 8 nitrogen and oxygen atoms in total. The molecule has 106 valence electrons. The fraction of sp³-hybridized carbons (Fsp3) is 0.250. The first-order chi connectivity index (χ1) is 9.66. The van der Waals surface area contributed by atoms with Gasteiger partial charge in [-0.3, -0.25) is 5.43 Å². The molecule has 0 aliphatic carbocycles. The number of benzene rings is 1. The summed E-state index contributed by atoms with van der Waals surface area (Å²) >= 11 is 0. The second-order valence-electron chi connectivity index (χ2n) is 3.92. The van der Waals surface area contributed by atoms with Crippen molar-refractivity contribution in [3.63, 3.8) is 0 Å². The Hall–Kier alpha value is -2.61. The van der Waals surface area contributed by atoms with E-state index in [0.29, 0.717) is 5.95 Å². The average molecular weight is 276 g/mol. The van der Waals surface area contributed by atoms with Crippen molar-refractivity contribution in [3.05, 3.63) is 23.8 Å². The van der Waals surface area contributed by atoms with Gasteiger partial charge in [0, 0.05) is 5.69 Å². The Kier molecular flexibility index (Phi) is 4.16. The number of nitrogen functional groups attached to an aromatic ring is 1. The first-order valence-electron chi connectivity index (χ1n) is 5.84. The van der Waals surface area contributed by atoms with Crippen LogP contribution >= 0.6 is 0 Å². The number of ether oxygens (including phenoxy) is 2. The number of anilines is 3. The monoisotopic (exact) mass is 276 g/mol. The van der Waals surface area contributed by atoms with Gasteiger partial charge < -0.3 is 14.8 Å². The lowest BCUT2D eigenvalue weighted by molar-refractivity contribution is 0.379. The molecule has 0 spiro atoms. The zero-order valence-electron chi connectivity index (χ0n) is 11.5. The number of rotatable bonds is 5. The molecule has 2 rings (SSSR count). The maximum atomic E-state index is 5.30. The zero-order valence-corrected chi connectivity index (χ0v) is 11.5. The molecule has 8 heteroatoms. The molecule has 0 saturated carbocycles. The minimum atomic E-state index is 0.167. The normalized spacial score (nSPS) is 10.0. The van der Waals surface area contributed by atoms with Gasteiger partial charge in [-0.15, -0.1) is 0 Å². The molecule has 0 atom stereocenters. The summed E-state index contributed by atoms with van der Waals surface area (Å²) in [6, 6.07) is 5.81. The van der Waals surface area contributed by atoms with Gasteiger partial charge in [0.2, 0.25) is 11.9 Å². The summed E-state index contributed by atoms with van der Waals surface area (Å²) in [6.45, 7) is 1.95. The number of hydrogen-bond donors (Lipinski definition) is 3. The van der Waals surface area contributed by atoms with Gasteiger partial charge in [-0.25, -0.2) is 5.84 Å². The number of nitrogens with one attached hydrogen (secondary N) is 2. The molecule has 0 saturated heterocycles. The average Bonchev–Trinajstić information content (AvgIpc) is 2.47. The van der Waals surface area contributed by atoms with Crippen LogP contribution in [0.5, 0.6) is 11.8 Å². The number of hydrazine groups is 1. The van der Waals surface area contributed by atoms with Crippen molar-refractivity contribution in [3.8, 4) is 11.8 Å². The number of hydrogen-bond acceptors (Lipinski definition) is 8. The zero-order chi connectivity index (χ0) is 14.5. The molecule has 2 aromatic rings. The molecule has 1 aromatic heterocycles. The standard InChI is InChI=1S/C12H16N6O2/c1-7-6-8(4-5-9(7)19-2)14-10-15-11(18-13)17-12(16-10)20-3/h4-6H,13H2,1-3H3,(H2,14,15,16,17,18). The van der Waals surface area contributed by atoms with E-state index in [-0.39, 0.29) is 12.0 Å². The summed E-state index contributed by atoms with van der Waals surface area (Å²) in [7, 11) is 3.10. The fourth-order valence-electron chi connectivity index (χ4n) is 1.65. The van der Waals surface area contributed by atoms with Gasteiger partial charge in [0.05, 0.1) is 14.2 Å². The van der Waals surface area contributed by atoms with Crippen LogP contribution in [0.15, 0.2) is 18.2 Å².